The number of fused-ring (bicyclic) bond motifs is 1. The standard InChI is InChI=1S/C16H19NO/c1-18-16(10-5-11-16)15(17)14-9-4-7-12-6-2-3-8-13(12)14/h2-4,6-9,15H,5,10-11,17H2,1H3. The van der Waals surface area contributed by atoms with Gasteiger partial charge in [-0.25, -0.2) is 0 Å². The van der Waals surface area contributed by atoms with Gasteiger partial charge in [0.1, 0.15) is 0 Å². The highest BCUT2D eigenvalue weighted by molar-refractivity contribution is 5.86. The van der Waals surface area contributed by atoms with Crippen molar-refractivity contribution >= 4 is 10.8 Å². The maximum absolute atomic E-state index is 6.49. The molecule has 18 heavy (non-hydrogen) atoms. The fourth-order valence-electron chi connectivity index (χ4n) is 2.97. The van der Waals surface area contributed by atoms with Crippen molar-refractivity contribution < 1.29 is 4.74 Å². The molecule has 0 saturated heterocycles. The van der Waals surface area contributed by atoms with Gasteiger partial charge in [-0.2, -0.15) is 0 Å². The number of ether oxygens (including phenoxy) is 1. The van der Waals surface area contributed by atoms with E-state index in [0.717, 1.165) is 12.8 Å². The van der Waals surface area contributed by atoms with Gasteiger partial charge >= 0.3 is 0 Å². The Kier molecular flexibility index (Phi) is 2.84. The molecule has 0 radical (unpaired) electrons. The smallest absolute Gasteiger partial charge is 0.0870 e. The number of rotatable bonds is 3. The van der Waals surface area contributed by atoms with E-state index in [1.165, 1.54) is 22.8 Å². The van der Waals surface area contributed by atoms with E-state index in [0.29, 0.717) is 0 Å². The lowest BCUT2D eigenvalue weighted by atomic mass is 9.72. The van der Waals surface area contributed by atoms with Gasteiger partial charge in [0.2, 0.25) is 0 Å². The predicted molar refractivity (Wildman–Crippen MR) is 74.5 cm³/mol. The summed E-state index contributed by atoms with van der Waals surface area (Å²) < 4.78 is 5.71. The van der Waals surface area contributed by atoms with E-state index in [9.17, 15) is 0 Å². The van der Waals surface area contributed by atoms with Crippen LogP contribution in [0.4, 0.5) is 0 Å². The molecule has 1 fully saturated rings. The number of nitrogens with two attached hydrogens (primary N) is 1. The Morgan fingerprint density at radius 3 is 2.50 bits per heavy atom. The van der Waals surface area contributed by atoms with Crippen LogP contribution in [-0.4, -0.2) is 12.7 Å². The lowest BCUT2D eigenvalue weighted by Crippen LogP contribution is -2.48. The van der Waals surface area contributed by atoms with Gasteiger partial charge in [0.05, 0.1) is 11.6 Å². The Hall–Kier alpha value is -1.38. The normalized spacial score (nSPS) is 19.4. The average Bonchev–Trinajstić information content (AvgIpc) is 2.37. The first-order valence-electron chi connectivity index (χ1n) is 6.55. The molecule has 2 aromatic rings. The number of benzene rings is 2. The topological polar surface area (TPSA) is 35.2 Å². The molecular formula is C16H19NO. The Morgan fingerprint density at radius 2 is 1.83 bits per heavy atom. The summed E-state index contributed by atoms with van der Waals surface area (Å²) in [6.07, 6.45) is 3.34. The third-order valence-electron chi connectivity index (χ3n) is 4.33. The van der Waals surface area contributed by atoms with Gasteiger partial charge in [-0.05, 0) is 35.6 Å². The molecule has 3 rings (SSSR count). The zero-order valence-electron chi connectivity index (χ0n) is 10.7. The first kappa shape index (κ1) is 11.7. The third kappa shape index (κ3) is 1.64. The van der Waals surface area contributed by atoms with Crippen molar-refractivity contribution in [2.75, 3.05) is 7.11 Å². The molecule has 0 heterocycles. The first-order valence-corrected chi connectivity index (χ1v) is 6.55. The quantitative estimate of drug-likeness (QED) is 0.893. The molecule has 0 spiro atoms. The van der Waals surface area contributed by atoms with Gasteiger partial charge < -0.3 is 10.5 Å². The Labute approximate surface area is 108 Å². The van der Waals surface area contributed by atoms with Crippen molar-refractivity contribution in [3.63, 3.8) is 0 Å². The monoisotopic (exact) mass is 241 g/mol. The van der Waals surface area contributed by atoms with E-state index in [1.54, 1.807) is 7.11 Å². The van der Waals surface area contributed by atoms with Crippen LogP contribution in [0.15, 0.2) is 42.5 Å². The number of methoxy groups -OCH3 is 1. The second-order valence-electron chi connectivity index (χ2n) is 5.17. The molecule has 2 N–H and O–H groups in total. The molecule has 0 aliphatic heterocycles. The van der Waals surface area contributed by atoms with Crippen LogP contribution in [0, 0.1) is 0 Å². The molecular weight excluding hydrogens is 222 g/mol. The van der Waals surface area contributed by atoms with Crippen LogP contribution in [0.1, 0.15) is 30.9 Å². The van der Waals surface area contributed by atoms with Crippen molar-refractivity contribution in [2.45, 2.75) is 30.9 Å². The molecule has 1 aliphatic carbocycles. The molecule has 2 heteroatoms. The van der Waals surface area contributed by atoms with E-state index < -0.39 is 0 Å². The van der Waals surface area contributed by atoms with Crippen molar-refractivity contribution in [3.05, 3.63) is 48.0 Å². The molecule has 2 aromatic carbocycles. The van der Waals surface area contributed by atoms with Gasteiger partial charge in [0.15, 0.2) is 0 Å². The van der Waals surface area contributed by atoms with Crippen LogP contribution in [-0.2, 0) is 4.74 Å². The minimum absolute atomic E-state index is 0.0395. The van der Waals surface area contributed by atoms with E-state index in [-0.39, 0.29) is 11.6 Å². The van der Waals surface area contributed by atoms with Crippen LogP contribution in [0.5, 0.6) is 0 Å². The Bertz CT molecular complexity index is 549. The minimum Gasteiger partial charge on any atom is -0.376 e. The molecule has 1 saturated carbocycles. The van der Waals surface area contributed by atoms with Gasteiger partial charge in [0.25, 0.3) is 0 Å². The van der Waals surface area contributed by atoms with Crippen LogP contribution in [0.25, 0.3) is 10.8 Å². The summed E-state index contributed by atoms with van der Waals surface area (Å²) in [4.78, 5) is 0. The summed E-state index contributed by atoms with van der Waals surface area (Å²) in [5.41, 5.74) is 7.54. The first-order chi connectivity index (χ1) is 8.77. The number of hydrogen-bond acceptors (Lipinski definition) is 2. The highest BCUT2D eigenvalue weighted by Crippen LogP contribution is 2.44. The van der Waals surface area contributed by atoms with Crippen LogP contribution < -0.4 is 5.73 Å². The van der Waals surface area contributed by atoms with Crippen LogP contribution in [0.3, 0.4) is 0 Å². The fraction of sp³-hybridized carbons (Fsp3) is 0.375. The maximum atomic E-state index is 6.49. The summed E-state index contributed by atoms with van der Waals surface area (Å²) in [5.74, 6) is 0. The molecule has 94 valence electrons. The van der Waals surface area contributed by atoms with Crippen LogP contribution >= 0.6 is 0 Å². The summed E-state index contributed by atoms with van der Waals surface area (Å²) in [7, 11) is 1.78. The van der Waals surface area contributed by atoms with Crippen LogP contribution in [0.2, 0.25) is 0 Å². The highest BCUT2D eigenvalue weighted by atomic mass is 16.5. The summed E-state index contributed by atoms with van der Waals surface area (Å²) >= 11 is 0. The summed E-state index contributed by atoms with van der Waals surface area (Å²) in [5, 5.41) is 2.49. The largest absolute Gasteiger partial charge is 0.376 e. The molecule has 1 atom stereocenters. The van der Waals surface area contributed by atoms with Gasteiger partial charge in [-0.1, -0.05) is 42.5 Å². The third-order valence-corrected chi connectivity index (χ3v) is 4.33. The summed E-state index contributed by atoms with van der Waals surface area (Å²) in [6, 6.07) is 14.7. The lowest BCUT2D eigenvalue weighted by Gasteiger charge is -2.45. The Balaban J connectivity index is 2.09. The molecule has 2 nitrogen and oxygen atoms in total. The second-order valence-corrected chi connectivity index (χ2v) is 5.17. The fourth-order valence-corrected chi connectivity index (χ4v) is 2.97. The predicted octanol–water partition coefficient (Wildman–Crippen LogP) is 3.41. The number of hydrogen-bond donors (Lipinski definition) is 1. The molecule has 0 aromatic heterocycles. The molecule has 1 unspecified atom stereocenters. The van der Waals surface area contributed by atoms with Crippen molar-refractivity contribution in [2.24, 2.45) is 5.73 Å². The van der Waals surface area contributed by atoms with Crippen molar-refractivity contribution in [1.29, 1.82) is 0 Å². The average molecular weight is 241 g/mol. The minimum atomic E-state index is -0.149. The zero-order valence-corrected chi connectivity index (χ0v) is 10.7. The zero-order chi connectivity index (χ0) is 12.6. The summed E-state index contributed by atoms with van der Waals surface area (Å²) in [6.45, 7) is 0. The molecule has 1 aliphatic rings. The van der Waals surface area contributed by atoms with E-state index in [2.05, 4.69) is 42.5 Å². The van der Waals surface area contributed by atoms with Crippen molar-refractivity contribution in [3.8, 4) is 0 Å². The van der Waals surface area contributed by atoms with Gasteiger partial charge in [-0.15, -0.1) is 0 Å². The Morgan fingerprint density at radius 1 is 1.11 bits per heavy atom. The maximum Gasteiger partial charge on any atom is 0.0870 e. The van der Waals surface area contributed by atoms with E-state index in [4.69, 9.17) is 10.5 Å². The second kappa shape index (κ2) is 4.38. The van der Waals surface area contributed by atoms with Gasteiger partial charge in [-0.3, -0.25) is 0 Å². The SMILES string of the molecule is COC1(C(N)c2cccc3ccccc23)CCC1. The molecule has 0 bridgehead atoms. The van der Waals surface area contributed by atoms with E-state index in [1.807, 2.05) is 0 Å². The van der Waals surface area contributed by atoms with Crippen molar-refractivity contribution in [1.82, 2.24) is 0 Å². The lowest BCUT2D eigenvalue weighted by molar-refractivity contribution is -0.0908. The van der Waals surface area contributed by atoms with Gasteiger partial charge in [0, 0.05) is 7.11 Å². The highest BCUT2D eigenvalue weighted by Gasteiger charge is 2.43. The van der Waals surface area contributed by atoms with E-state index >= 15 is 0 Å². The molecule has 0 amide bonds.